The Morgan fingerprint density at radius 1 is 1.64 bits per heavy atom. The van der Waals surface area contributed by atoms with Gasteiger partial charge in [0.2, 0.25) is 5.88 Å². The van der Waals surface area contributed by atoms with E-state index in [-0.39, 0.29) is 6.10 Å². The van der Waals surface area contributed by atoms with Gasteiger partial charge in [-0.05, 0) is 25.1 Å². The summed E-state index contributed by atoms with van der Waals surface area (Å²) in [7, 11) is 0. The molecule has 1 saturated heterocycles. The molecule has 0 bridgehead atoms. The molecule has 1 N–H and O–H groups in total. The van der Waals surface area contributed by atoms with Gasteiger partial charge >= 0.3 is 0 Å². The van der Waals surface area contributed by atoms with Gasteiger partial charge in [0.1, 0.15) is 6.10 Å². The van der Waals surface area contributed by atoms with E-state index in [2.05, 4.69) is 16.2 Å². The zero-order valence-electron chi connectivity index (χ0n) is 7.86. The van der Waals surface area contributed by atoms with Gasteiger partial charge in [0, 0.05) is 12.7 Å². The second-order valence-electron chi connectivity index (χ2n) is 3.23. The van der Waals surface area contributed by atoms with Crippen LogP contribution in [0.5, 0.6) is 5.88 Å². The summed E-state index contributed by atoms with van der Waals surface area (Å²) in [6.07, 6.45) is 8.25. The Morgan fingerprint density at radius 3 is 3.29 bits per heavy atom. The largest absolute Gasteiger partial charge is 0.472 e. The minimum atomic E-state index is 0.206. The van der Waals surface area contributed by atoms with Gasteiger partial charge in [-0.2, -0.15) is 0 Å². The van der Waals surface area contributed by atoms with E-state index in [0.717, 1.165) is 25.1 Å². The van der Waals surface area contributed by atoms with Crippen molar-refractivity contribution in [3.8, 4) is 18.2 Å². The summed E-state index contributed by atoms with van der Waals surface area (Å²) < 4.78 is 5.68. The van der Waals surface area contributed by atoms with Gasteiger partial charge in [-0.1, -0.05) is 5.92 Å². The minimum absolute atomic E-state index is 0.206. The summed E-state index contributed by atoms with van der Waals surface area (Å²) in [5.41, 5.74) is 0.722. The molecule has 14 heavy (non-hydrogen) atoms. The third-order valence-electron chi connectivity index (χ3n) is 2.22. The molecule has 1 aliphatic heterocycles. The first-order chi connectivity index (χ1) is 6.90. The highest BCUT2D eigenvalue weighted by atomic mass is 16.5. The monoisotopic (exact) mass is 188 g/mol. The number of terminal acetylenes is 1. The Kier molecular flexibility index (Phi) is 2.66. The number of hydrogen-bond donors (Lipinski definition) is 1. The van der Waals surface area contributed by atoms with Crippen LogP contribution in [0.15, 0.2) is 18.3 Å². The average molecular weight is 188 g/mol. The van der Waals surface area contributed by atoms with Crippen LogP contribution in [0.2, 0.25) is 0 Å². The van der Waals surface area contributed by atoms with Crippen LogP contribution in [0, 0.1) is 12.3 Å². The molecule has 1 atom stereocenters. The molecule has 3 heteroatoms. The van der Waals surface area contributed by atoms with Crippen LogP contribution < -0.4 is 10.1 Å². The maximum Gasteiger partial charge on any atom is 0.229 e. The lowest BCUT2D eigenvalue weighted by atomic mass is 10.3. The van der Waals surface area contributed by atoms with Crippen LogP contribution in [0.25, 0.3) is 0 Å². The smallest absolute Gasteiger partial charge is 0.229 e. The van der Waals surface area contributed by atoms with E-state index in [9.17, 15) is 0 Å². The van der Waals surface area contributed by atoms with Crippen molar-refractivity contribution in [2.24, 2.45) is 0 Å². The maximum atomic E-state index is 5.68. The molecule has 0 aromatic carbocycles. The summed E-state index contributed by atoms with van der Waals surface area (Å²) in [5, 5.41) is 3.23. The molecule has 0 saturated carbocycles. The highest BCUT2D eigenvalue weighted by Crippen LogP contribution is 2.16. The van der Waals surface area contributed by atoms with Crippen molar-refractivity contribution >= 4 is 0 Å². The third kappa shape index (κ3) is 1.86. The normalized spacial score (nSPS) is 20.4. The molecular formula is C11H12N2O. The van der Waals surface area contributed by atoms with Gasteiger partial charge in [-0.15, -0.1) is 6.42 Å². The number of nitrogens with zero attached hydrogens (tertiary/aromatic N) is 1. The number of nitrogens with one attached hydrogen (secondary N) is 1. The summed E-state index contributed by atoms with van der Waals surface area (Å²) in [6, 6.07) is 3.65. The number of ether oxygens (including phenoxy) is 1. The van der Waals surface area contributed by atoms with Crippen molar-refractivity contribution in [3.05, 3.63) is 23.9 Å². The molecule has 0 radical (unpaired) electrons. The quantitative estimate of drug-likeness (QED) is 0.697. The summed E-state index contributed by atoms with van der Waals surface area (Å²) in [6.45, 7) is 1.88. The van der Waals surface area contributed by atoms with Gasteiger partial charge in [0.25, 0.3) is 0 Å². The van der Waals surface area contributed by atoms with Crippen molar-refractivity contribution in [1.82, 2.24) is 10.3 Å². The van der Waals surface area contributed by atoms with E-state index in [1.807, 2.05) is 12.1 Å². The Hall–Kier alpha value is -1.53. The van der Waals surface area contributed by atoms with Crippen molar-refractivity contribution in [2.45, 2.75) is 12.5 Å². The maximum absolute atomic E-state index is 5.68. The standard InChI is InChI=1S/C11H12N2O/c1-2-9-4-3-6-13-11(9)14-10-5-7-12-8-10/h1,3-4,6,10,12H,5,7-8H2. The lowest BCUT2D eigenvalue weighted by Gasteiger charge is -2.12. The average Bonchev–Trinajstić information content (AvgIpc) is 2.71. The number of aromatic nitrogens is 1. The lowest BCUT2D eigenvalue weighted by Crippen LogP contribution is -2.20. The lowest BCUT2D eigenvalue weighted by molar-refractivity contribution is 0.213. The number of pyridine rings is 1. The number of hydrogen-bond acceptors (Lipinski definition) is 3. The molecule has 3 nitrogen and oxygen atoms in total. The summed E-state index contributed by atoms with van der Waals surface area (Å²) in [4.78, 5) is 4.12. The van der Waals surface area contributed by atoms with Crippen molar-refractivity contribution in [1.29, 1.82) is 0 Å². The molecule has 0 spiro atoms. The predicted octanol–water partition coefficient (Wildman–Crippen LogP) is 0.804. The van der Waals surface area contributed by atoms with Crippen LogP contribution in [0.1, 0.15) is 12.0 Å². The van der Waals surface area contributed by atoms with Crippen molar-refractivity contribution in [2.75, 3.05) is 13.1 Å². The second kappa shape index (κ2) is 4.12. The summed E-state index contributed by atoms with van der Waals surface area (Å²) >= 11 is 0. The molecule has 0 aliphatic carbocycles. The SMILES string of the molecule is C#Cc1cccnc1OC1CCNC1. The van der Waals surface area contributed by atoms with Gasteiger partial charge in [-0.25, -0.2) is 4.98 Å². The molecule has 1 aromatic rings. The topological polar surface area (TPSA) is 34.1 Å². The fourth-order valence-electron chi connectivity index (χ4n) is 1.48. The first-order valence-corrected chi connectivity index (χ1v) is 4.69. The van der Waals surface area contributed by atoms with E-state index in [1.54, 1.807) is 6.20 Å². The van der Waals surface area contributed by atoms with E-state index in [1.165, 1.54) is 0 Å². The van der Waals surface area contributed by atoms with Gasteiger partial charge in [-0.3, -0.25) is 0 Å². The van der Waals surface area contributed by atoms with Crippen molar-refractivity contribution in [3.63, 3.8) is 0 Å². The highest BCUT2D eigenvalue weighted by molar-refractivity contribution is 5.39. The van der Waals surface area contributed by atoms with E-state index in [0.29, 0.717) is 5.88 Å². The molecule has 1 fully saturated rings. The fourth-order valence-corrected chi connectivity index (χ4v) is 1.48. The van der Waals surface area contributed by atoms with Gasteiger partial charge < -0.3 is 10.1 Å². The van der Waals surface area contributed by atoms with E-state index < -0.39 is 0 Å². The summed E-state index contributed by atoms with van der Waals surface area (Å²) in [5.74, 6) is 3.13. The van der Waals surface area contributed by atoms with E-state index in [4.69, 9.17) is 11.2 Å². The molecule has 1 aromatic heterocycles. The Bertz CT molecular complexity index is 351. The van der Waals surface area contributed by atoms with Gasteiger partial charge in [0.05, 0.1) is 5.56 Å². The number of rotatable bonds is 2. The van der Waals surface area contributed by atoms with Crippen LogP contribution in [0.3, 0.4) is 0 Å². The molecule has 2 heterocycles. The predicted molar refractivity (Wildman–Crippen MR) is 54.1 cm³/mol. The Labute approximate surface area is 83.5 Å². The molecule has 72 valence electrons. The van der Waals surface area contributed by atoms with Crippen LogP contribution >= 0.6 is 0 Å². The third-order valence-corrected chi connectivity index (χ3v) is 2.22. The first kappa shape index (κ1) is 9.04. The first-order valence-electron chi connectivity index (χ1n) is 4.69. The molecule has 1 unspecified atom stereocenters. The zero-order valence-corrected chi connectivity index (χ0v) is 7.86. The molecular weight excluding hydrogens is 176 g/mol. The van der Waals surface area contributed by atoms with Crippen molar-refractivity contribution < 1.29 is 4.74 Å². The fraction of sp³-hybridized carbons (Fsp3) is 0.364. The van der Waals surface area contributed by atoms with Crippen LogP contribution in [-0.4, -0.2) is 24.2 Å². The zero-order chi connectivity index (χ0) is 9.80. The highest BCUT2D eigenvalue weighted by Gasteiger charge is 2.17. The van der Waals surface area contributed by atoms with Gasteiger partial charge in [0.15, 0.2) is 0 Å². The second-order valence-corrected chi connectivity index (χ2v) is 3.23. The Morgan fingerprint density at radius 2 is 2.57 bits per heavy atom. The van der Waals surface area contributed by atoms with E-state index >= 15 is 0 Å². The molecule has 1 aliphatic rings. The minimum Gasteiger partial charge on any atom is -0.472 e. The Balaban J connectivity index is 2.11. The molecule has 2 rings (SSSR count). The molecule has 0 amide bonds. The van der Waals surface area contributed by atoms with Crippen LogP contribution in [-0.2, 0) is 0 Å². The van der Waals surface area contributed by atoms with Crippen LogP contribution in [0.4, 0.5) is 0 Å².